The fourth-order valence-corrected chi connectivity index (χ4v) is 4.43. The monoisotopic (exact) mass is 689 g/mol. The van der Waals surface area contributed by atoms with Gasteiger partial charge in [0.25, 0.3) is 0 Å². The number of hydrogen-bond donors (Lipinski definition) is 0. The van der Waals surface area contributed by atoms with Crippen LogP contribution in [0.4, 0.5) is 0 Å². The number of hydrogen-bond acceptors (Lipinski definition) is 8. The quantitative estimate of drug-likeness (QED) is 0.0238. The molecule has 9 heteroatoms. The molecule has 9 nitrogen and oxygen atoms in total. The summed E-state index contributed by atoms with van der Waals surface area (Å²) in [5.74, 6) is -2.47. The predicted octanol–water partition coefficient (Wildman–Crippen LogP) is 7.32. The Hall–Kier alpha value is -3.01. The largest absolute Gasteiger partial charge is 0.545 e. The van der Waals surface area contributed by atoms with Crippen molar-refractivity contribution in [3.63, 3.8) is 0 Å². The number of carboxylic acids is 1. The van der Waals surface area contributed by atoms with Crippen LogP contribution in [0.15, 0.2) is 60.8 Å². The van der Waals surface area contributed by atoms with Crippen LogP contribution in [-0.4, -0.2) is 82.3 Å². The highest BCUT2D eigenvalue weighted by Crippen LogP contribution is 2.11. The summed E-state index contributed by atoms with van der Waals surface area (Å²) < 4.78 is 22.2. The maximum absolute atomic E-state index is 12.6. The zero-order valence-corrected chi connectivity index (χ0v) is 31.3. The Balaban J connectivity index is 4.73. The lowest BCUT2D eigenvalue weighted by atomic mass is 10.1. The highest BCUT2D eigenvalue weighted by atomic mass is 16.7. The molecule has 2 atom stereocenters. The van der Waals surface area contributed by atoms with Gasteiger partial charge in [-0.15, -0.1) is 0 Å². The molecule has 0 saturated carbocycles. The molecule has 280 valence electrons. The van der Waals surface area contributed by atoms with Gasteiger partial charge in [-0.05, 0) is 38.5 Å². The average molecular weight is 690 g/mol. The van der Waals surface area contributed by atoms with Gasteiger partial charge in [0.2, 0.25) is 0 Å². The lowest BCUT2D eigenvalue weighted by Gasteiger charge is -2.26. The van der Waals surface area contributed by atoms with Gasteiger partial charge in [0.1, 0.15) is 13.2 Å². The van der Waals surface area contributed by atoms with E-state index in [-0.39, 0.29) is 32.7 Å². The summed E-state index contributed by atoms with van der Waals surface area (Å²) in [7, 11) is 5.86. The number of carbonyl (C=O) groups excluding carboxylic acids is 3. The Kier molecular flexibility index (Phi) is 30.2. The van der Waals surface area contributed by atoms with Gasteiger partial charge >= 0.3 is 11.9 Å². The van der Waals surface area contributed by atoms with Crippen LogP contribution in [0, 0.1) is 0 Å². The molecule has 0 fully saturated rings. The third-order valence-electron chi connectivity index (χ3n) is 7.31. The van der Waals surface area contributed by atoms with Gasteiger partial charge in [-0.2, -0.15) is 0 Å². The molecule has 49 heavy (non-hydrogen) atoms. The van der Waals surface area contributed by atoms with Crippen molar-refractivity contribution in [3.8, 4) is 0 Å². The molecule has 0 bridgehead atoms. The number of ether oxygens (including phenoxy) is 4. The molecule has 0 aliphatic carbocycles. The summed E-state index contributed by atoms with van der Waals surface area (Å²) in [6, 6.07) is 0. The molecule has 0 rings (SSSR count). The molecule has 0 spiro atoms. The van der Waals surface area contributed by atoms with Gasteiger partial charge in [-0.25, -0.2) is 0 Å². The lowest BCUT2D eigenvalue weighted by molar-refractivity contribution is -0.870. The molecule has 2 unspecified atom stereocenters. The van der Waals surface area contributed by atoms with Crippen molar-refractivity contribution in [1.82, 2.24) is 0 Å². The van der Waals surface area contributed by atoms with Gasteiger partial charge in [0.15, 0.2) is 12.4 Å². The van der Waals surface area contributed by atoms with E-state index in [2.05, 4.69) is 56.4 Å². The second-order valence-corrected chi connectivity index (χ2v) is 13.2. The number of likely N-dealkylation sites (N-methyl/N-ethyl adjacent to an activating group) is 1. The van der Waals surface area contributed by atoms with Crippen LogP contribution in [0.1, 0.15) is 117 Å². The van der Waals surface area contributed by atoms with Crippen LogP contribution in [0.2, 0.25) is 0 Å². The van der Waals surface area contributed by atoms with E-state index in [1.807, 2.05) is 33.3 Å². The van der Waals surface area contributed by atoms with E-state index in [0.29, 0.717) is 17.4 Å². The molecule has 0 radical (unpaired) electrons. The minimum atomic E-state index is -1.64. The number of rotatable bonds is 32. The molecule has 0 saturated heterocycles. The molecule has 0 aromatic rings. The summed E-state index contributed by atoms with van der Waals surface area (Å²) >= 11 is 0. The maximum Gasteiger partial charge on any atom is 0.310 e. The van der Waals surface area contributed by atoms with Crippen molar-refractivity contribution in [2.75, 3.05) is 47.5 Å². The van der Waals surface area contributed by atoms with Crippen LogP contribution >= 0.6 is 0 Å². The van der Waals surface area contributed by atoms with Crippen LogP contribution in [0.3, 0.4) is 0 Å². The zero-order valence-electron chi connectivity index (χ0n) is 31.3. The molecule has 0 aliphatic heterocycles. The molecular formula is C40H67NO8. The molecule has 0 aromatic carbocycles. The normalized spacial score (nSPS) is 13.7. The minimum absolute atomic E-state index is 0.0142. The van der Waals surface area contributed by atoms with Crippen LogP contribution < -0.4 is 5.11 Å². The number of nitrogens with zero attached hydrogens (tertiary/aromatic N) is 1. The van der Waals surface area contributed by atoms with Gasteiger partial charge in [0.05, 0.1) is 46.7 Å². The van der Waals surface area contributed by atoms with Crippen molar-refractivity contribution in [2.45, 2.75) is 129 Å². The highest BCUT2D eigenvalue weighted by molar-refractivity contribution is 5.71. The number of unbranched alkanes of at least 4 members (excludes halogenated alkanes) is 8. The van der Waals surface area contributed by atoms with E-state index >= 15 is 0 Å². The van der Waals surface area contributed by atoms with E-state index in [1.165, 1.54) is 38.5 Å². The van der Waals surface area contributed by atoms with Crippen molar-refractivity contribution in [3.05, 3.63) is 60.8 Å². The van der Waals surface area contributed by atoms with Gasteiger partial charge in [-0.1, -0.05) is 126 Å². The van der Waals surface area contributed by atoms with Gasteiger partial charge in [-0.3, -0.25) is 9.59 Å². The minimum Gasteiger partial charge on any atom is -0.545 e. The first-order chi connectivity index (χ1) is 23.6. The summed E-state index contributed by atoms with van der Waals surface area (Å²) in [5, 5.41) is 11.6. The molecule has 0 aromatic heterocycles. The zero-order chi connectivity index (χ0) is 36.4. The van der Waals surface area contributed by atoms with Crippen LogP contribution in [0.25, 0.3) is 0 Å². The summed E-state index contributed by atoms with van der Waals surface area (Å²) in [5.41, 5.74) is 0. The van der Waals surface area contributed by atoms with Crippen molar-refractivity contribution < 1.29 is 42.9 Å². The average Bonchev–Trinajstić information content (AvgIpc) is 3.05. The Morgan fingerprint density at radius 1 is 0.633 bits per heavy atom. The molecule has 0 heterocycles. The van der Waals surface area contributed by atoms with Crippen molar-refractivity contribution >= 4 is 17.9 Å². The molecule has 0 amide bonds. The molecule has 0 N–H and O–H groups in total. The van der Waals surface area contributed by atoms with Crippen LogP contribution in [-0.2, 0) is 33.3 Å². The topological polar surface area (TPSA) is 111 Å². The van der Waals surface area contributed by atoms with E-state index in [9.17, 15) is 19.5 Å². The number of quaternary nitrogens is 1. The van der Waals surface area contributed by atoms with Crippen molar-refractivity contribution in [2.24, 2.45) is 0 Å². The third kappa shape index (κ3) is 33.3. The third-order valence-corrected chi connectivity index (χ3v) is 7.31. The first kappa shape index (κ1) is 46.0. The number of carboxylic acid groups (broad SMARTS) is 1. The smallest absolute Gasteiger partial charge is 0.310 e. The SMILES string of the molecule is CC/C=C\C/C=C\C/C=C\C/C=C\C/C=C\CC(=O)OC(COC(=O)CCCCCCCCCCC)COC(OCC[N+](C)(C)C)C(=O)[O-]. The number of aliphatic carboxylic acids is 1. The van der Waals surface area contributed by atoms with E-state index < -0.39 is 30.3 Å². The van der Waals surface area contributed by atoms with E-state index in [4.69, 9.17) is 18.9 Å². The second-order valence-electron chi connectivity index (χ2n) is 13.2. The number of esters is 2. The Labute approximate surface area is 297 Å². The number of allylic oxidation sites excluding steroid dienone is 9. The van der Waals surface area contributed by atoms with Crippen molar-refractivity contribution in [1.29, 1.82) is 0 Å². The van der Waals surface area contributed by atoms with E-state index in [1.54, 1.807) is 6.08 Å². The fourth-order valence-electron chi connectivity index (χ4n) is 4.43. The fraction of sp³-hybridized carbons (Fsp3) is 0.675. The number of carbonyl (C=O) groups is 3. The van der Waals surface area contributed by atoms with Gasteiger partial charge in [0, 0.05) is 6.42 Å². The summed E-state index contributed by atoms with van der Waals surface area (Å²) in [6.45, 7) is 4.44. The Morgan fingerprint density at radius 3 is 1.65 bits per heavy atom. The molecular weight excluding hydrogens is 622 g/mol. The Morgan fingerprint density at radius 2 is 1.14 bits per heavy atom. The second kappa shape index (κ2) is 32.2. The summed E-state index contributed by atoms with van der Waals surface area (Å²) in [6.07, 6.45) is 32.9. The Bertz CT molecular complexity index is 993. The molecule has 0 aliphatic rings. The van der Waals surface area contributed by atoms with Gasteiger partial charge < -0.3 is 33.3 Å². The van der Waals surface area contributed by atoms with E-state index in [0.717, 1.165) is 44.9 Å². The summed E-state index contributed by atoms with van der Waals surface area (Å²) in [4.78, 5) is 36.6. The first-order valence-electron chi connectivity index (χ1n) is 18.4. The first-order valence-corrected chi connectivity index (χ1v) is 18.4. The maximum atomic E-state index is 12.6. The standard InChI is InChI=1S/C40H67NO8/c1-6-8-10-12-14-16-17-18-19-20-21-23-25-27-29-31-38(43)49-36(35-48-40(39(44)45)46-33-32-41(3,4)5)34-47-37(42)30-28-26-24-22-15-13-11-9-7-2/h8,10,14,16,18-19,21,23,27,29,36,40H,6-7,9,11-13,15,17,20,22,24-26,28,30-35H2,1-5H3/b10-8-,16-14-,19-18-,23-21-,29-27-. The highest BCUT2D eigenvalue weighted by Gasteiger charge is 2.21. The lowest BCUT2D eigenvalue weighted by Crippen LogP contribution is -2.44. The predicted molar refractivity (Wildman–Crippen MR) is 195 cm³/mol. The van der Waals surface area contributed by atoms with Crippen LogP contribution in [0.5, 0.6) is 0 Å².